The van der Waals surface area contributed by atoms with Gasteiger partial charge in [0, 0.05) is 19.6 Å². The zero-order valence-corrected chi connectivity index (χ0v) is 18.7. The topological polar surface area (TPSA) is 59.0 Å². The van der Waals surface area contributed by atoms with Gasteiger partial charge >= 0.3 is 6.16 Å². The van der Waals surface area contributed by atoms with E-state index in [2.05, 4.69) is 11.8 Å². The van der Waals surface area contributed by atoms with Gasteiger partial charge in [-0.05, 0) is 33.1 Å². The molecule has 0 saturated carbocycles. The Hall–Kier alpha value is -0.810. The van der Waals surface area contributed by atoms with Crippen LogP contribution in [0.4, 0.5) is 4.79 Å². The lowest BCUT2D eigenvalue weighted by atomic mass is 9.93. The molecule has 166 valence electrons. The van der Waals surface area contributed by atoms with Gasteiger partial charge in [0.15, 0.2) is 0 Å². The fourth-order valence-corrected chi connectivity index (χ4v) is 3.92. The van der Waals surface area contributed by atoms with Gasteiger partial charge < -0.3 is 19.5 Å². The largest absolute Gasteiger partial charge is 0.508 e. The monoisotopic (exact) mass is 399 g/mol. The maximum absolute atomic E-state index is 11.5. The normalized spacial score (nSPS) is 18.0. The molecule has 0 aliphatic carbocycles. The van der Waals surface area contributed by atoms with Crippen LogP contribution in [0, 0.1) is 0 Å². The molecular formula is C23H45NO4. The number of carbonyl (C=O) groups excluding carboxylic acids is 1. The molecule has 0 bridgehead atoms. The van der Waals surface area contributed by atoms with Crippen LogP contribution in [0.25, 0.3) is 0 Å². The SMILES string of the molecule is CCCCCCCCCCCCC(O)CN1CCC(C)(OC(=O)OCC)CC1. The molecule has 0 aromatic rings. The molecule has 1 rings (SSSR count). The van der Waals surface area contributed by atoms with E-state index in [1.807, 2.05) is 6.92 Å². The van der Waals surface area contributed by atoms with Gasteiger partial charge in [-0.25, -0.2) is 4.79 Å². The molecule has 0 radical (unpaired) electrons. The number of β-amino-alcohol motifs (C(OH)–C–C–N with tert-alkyl or cyclic N) is 1. The fraction of sp³-hybridized carbons (Fsp3) is 0.957. The molecular weight excluding hydrogens is 354 g/mol. The Bertz CT molecular complexity index is 394. The maximum atomic E-state index is 11.5. The standard InChI is InChI=1S/C23H45NO4/c1-4-6-7-8-9-10-11-12-13-14-15-21(25)20-24-18-16-23(3,17-19-24)28-22(26)27-5-2/h21,25H,4-20H2,1-3H3. The lowest BCUT2D eigenvalue weighted by Crippen LogP contribution is -2.47. The third-order valence-electron chi connectivity index (χ3n) is 5.87. The minimum absolute atomic E-state index is 0.246. The van der Waals surface area contributed by atoms with Gasteiger partial charge in [0.05, 0.1) is 12.7 Å². The van der Waals surface area contributed by atoms with E-state index in [4.69, 9.17) is 9.47 Å². The number of hydrogen-bond donors (Lipinski definition) is 1. The molecule has 1 aliphatic rings. The quantitative estimate of drug-likeness (QED) is 0.283. The number of rotatable bonds is 15. The van der Waals surface area contributed by atoms with Crippen molar-refractivity contribution in [2.24, 2.45) is 0 Å². The molecule has 1 heterocycles. The van der Waals surface area contributed by atoms with Crippen LogP contribution in [0.1, 0.15) is 104 Å². The van der Waals surface area contributed by atoms with Crippen LogP contribution in [-0.4, -0.2) is 54.1 Å². The zero-order chi connectivity index (χ0) is 20.7. The maximum Gasteiger partial charge on any atom is 0.508 e. The average Bonchev–Trinajstić information content (AvgIpc) is 2.65. The molecule has 1 saturated heterocycles. The summed E-state index contributed by atoms with van der Waals surface area (Å²) < 4.78 is 10.3. The third kappa shape index (κ3) is 11.9. The summed E-state index contributed by atoms with van der Waals surface area (Å²) in [5, 5.41) is 10.3. The van der Waals surface area contributed by atoms with Crippen LogP contribution in [0.15, 0.2) is 0 Å². The zero-order valence-electron chi connectivity index (χ0n) is 18.7. The van der Waals surface area contributed by atoms with Crippen molar-refractivity contribution in [1.29, 1.82) is 0 Å². The summed E-state index contributed by atoms with van der Waals surface area (Å²) in [5.74, 6) is 0. The van der Waals surface area contributed by atoms with Gasteiger partial charge in [0.1, 0.15) is 5.60 Å². The smallest absolute Gasteiger partial charge is 0.435 e. The van der Waals surface area contributed by atoms with E-state index in [-0.39, 0.29) is 6.10 Å². The lowest BCUT2D eigenvalue weighted by molar-refractivity contribution is -0.0596. The second-order valence-corrected chi connectivity index (χ2v) is 8.66. The van der Waals surface area contributed by atoms with Crippen LogP contribution in [0.5, 0.6) is 0 Å². The molecule has 0 spiro atoms. The molecule has 1 unspecified atom stereocenters. The van der Waals surface area contributed by atoms with E-state index in [0.717, 1.165) is 45.3 Å². The molecule has 5 heteroatoms. The van der Waals surface area contributed by atoms with Crippen molar-refractivity contribution in [3.05, 3.63) is 0 Å². The number of aliphatic hydroxyl groups excluding tert-OH is 1. The molecule has 28 heavy (non-hydrogen) atoms. The highest BCUT2D eigenvalue weighted by molar-refractivity contribution is 5.60. The molecule has 0 aromatic carbocycles. The van der Waals surface area contributed by atoms with Crippen LogP contribution < -0.4 is 0 Å². The Morgan fingerprint density at radius 2 is 1.50 bits per heavy atom. The van der Waals surface area contributed by atoms with Crippen molar-refractivity contribution in [3.63, 3.8) is 0 Å². The van der Waals surface area contributed by atoms with Gasteiger partial charge in [-0.15, -0.1) is 0 Å². The van der Waals surface area contributed by atoms with Gasteiger partial charge in [0.25, 0.3) is 0 Å². The third-order valence-corrected chi connectivity index (χ3v) is 5.87. The number of aliphatic hydroxyl groups is 1. The van der Waals surface area contributed by atoms with Gasteiger partial charge in [-0.1, -0.05) is 71.1 Å². The number of piperidine rings is 1. The minimum atomic E-state index is -0.570. The first kappa shape index (κ1) is 25.2. The van der Waals surface area contributed by atoms with Crippen molar-refractivity contribution in [2.75, 3.05) is 26.2 Å². The summed E-state index contributed by atoms with van der Waals surface area (Å²) in [6.07, 6.45) is 14.9. The Morgan fingerprint density at radius 3 is 2.04 bits per heavy atom. The first-order valence-corrected chi connectivity index (χ1v) is 11.7. The summed E-state index contributed by atoms with van der Waals surface area (Å²) in [4.78, 5) is 13.8. The van der Waals surface area contributed by atoms with E-state index in [1.54, 1.807) is 6.92 Å². The summed E-state index contributed by atoms with van der Waals surface area (Å²) >= 11 is 0. The van der Waals surface area contributed by atoms with Gasteiger partial charge in [-0.3, -0.25) is 0 Å². The number of hydrogen-bond acceptors (Lipinski definition) is 5. The average molecular weight is 400 g/mol. The molecule has 0 amide bonds. The van der Waals surface area contributed by atoms with Crippen molar-refractivity contribution >= 4 is 6.16 Å². The van der Waals surface area contributed by atoms with E-state index in [1.165, 1.54) is 57.8 Å². The van der Waals surface area contributed by atoms with E-state index < -0.39 is 11.8 Å². The van der Waals surface area contributed by atoms with Crippen LogP contribution >= 0.6 is 0 Å². The second-order valence-electron chi connectivity index (χ2n) is 8.66. The number of likely N-dealkylation sites (tertiary alicyclic amines) is 1. The highest BCUT2D eigenvalue weighted by Gasteiger charge is 2.34. The lowest BCUT2D eigenvalue weighted by Gasteiger charge is -2.39. The molecule has 1 N–H and O–H groups in total. The number of carbonyl (C=O) groups is 1. The van der Waals surface area contributed by atoms with Gasteiger partial charge in [0.2, 0.25) is 0 Å². The van der Waals surface area contributed by atoms with E-state index in [0.29, 0.717) is 6.61 Å². The Morgan fingerprint density at radius 1 is 0.964 bits per heavy atom. The van der Waals surface area contributed by atoms with Crippen molar-refractivity contribution in [3.8, 4) is 0 Å². The number of ether oxygens (including phenoxy) is 2. The Labute approximate surface area is 173 Å². The van der Waals surface area contributed by atoms with Crippen molar-refractivity contribution < 1.29 is 19.4 Å². The van der Waals surface area contributed by atoms with Crippen LogP contribution in [-0.2, 0) is 9.47 Å². The summed E-state index contributed by atoms with van der Waals surface area (Å²) in [6, 6.07) is 0. The number of nitrogens with zero attached hydrogens (tertiary/aromatic N) is 1. The predicted octanol–water partition coefficient (Wildman–Crippen LogP) is 5.69. The van der Waals surface area contributed by atoms with Crippen LogP contribution in [0.3, 0.4) is 0 Å². The Kier molecular flexibility index (Phi) is 13.6. The van der Waals surface area contributed by atoms with E-state index in [9.17, 15) is 9.90 Å². The molecule has 0 aromatic heterocycles. The first-order valence-electron chi connectivity index (χ1n) is 11.7. The van der Waals surface area contributed by atoms with Crippen LogP contribution in [0.2, 0.25) is 0 Å². The number of unbranched alkanes of at least 4 members (excludes halogenated alkanes) is 9. The van der Waals surface area contributed by atoms with E-state index >= 15 is 0 Å². The molecule has 1 atom stereocenters. The fourth-order valence-electron chi connectivity index (χ4n) is 3.92. The highest BCUT2D eigenvalue weighted by atomic mass is 16.7. The van der Waals surface area contributed by atoms with Crippen molar-refractivity contribution in [1.82, 2.24) is 4.90 Å². The highest BCUT2D eigenvalue weighted by Crippen LogP contribution is 2.26. The van der Waals surface area contributed by atoms with Crippen molar-refractivity contribution in [2.45, 2.75) is 116 Å². The summed E-state index contributed by atoms with van der Waals surface area (Å²) in [6.45, 7) is 8.79. The predicted molar refractivity (Wildman–Crippen MR) is 115 cm³/mol. The second kappa shape index (κ2) is 15.1. The molecule has 1 fully saturated rings. The minimum Gasteiger partial charge on any atom is -0.435 e. The molecule has 1 aliphatic heterocycles. The first-order chi connectivity index (χ1) is 13.5. The van der Waals surface area contributed by atoms with Gasteiger partial charge in [-0.2, -0.15) is 0 Å². The summed E-state index contributed by atoms with van der Waals surface area (Å²) in [5.41, 5.74) is -0.440. The Balaban J connectivity index is 2.02. The summed E-state index contributed by atoms with van der Waals surface area (Å²) in [7, 11) is 0. The molecule has 5 nitrogen and oxygen atoms in total.